The number of nitrogens with zero attached hydrogens (tertiary/aromatic N) is 3. The number of aryl methyl sites for hydroxylation is 1. The van der Waals surface area contributed by atoms with E-state index in [0.29, 0.717) is 5.92 Å². The highest BCUT2D eigenvalue weighted by atomic mass is 16.2. The Bertz CT molecular complexity index is 877. The van der Waals surface area contributed by atoms with Gasteiger partial charge in [0.2, 0.25) is 0 Å². The lowest BCUT2D eigenvalue weighted by Gasteiger charge is -2.39. The van der Waals surface area contributed by atoms with Gasteiger partial charge in [-0.1, -0.05) is 49.4 Å². The lowest BCUT2D eigenvalue weighted by molar-refractivity contribution is 0.0467. The number of likely N-dealkylation sites (tertiary alicyclic amines) is 1. The minimum Gasteiger partial charge on any atom is -0.338 e. The Morgan fingerprint density at radius 2 is 1.73 bits per heavy atom. The maximum atomic E-state index is 12.7. The molecule has 3 aromatic rings. The van der Waals surface area contributed by atoms with Crippen LogP contribution < -0.4 is 0 Å². The monoisotopic (exact) mass is 345 g/mol. The minimum atomic E-state index is 0.127. The van der Waals surface area contributed by atoms with Crippen LogP contribution in [0, 0.1) is 5.92 Å². The summed E-state index contributed by atoms with van der Waals surface area (Å²) in [5, 5.41) is 0. The van der Waals surface area contributed by atoms with Crippen LogP contribution in [0.1, 0.15) is 23.1 Å². The minimum absolute atomic E-state index is 0.127. The summed E-state index contributed by atoms with van der Waals surface area (Å²) in [5.41, 5.74) is 3.07. The first-order chi connectivity index (χ1) is 12.7. The summed E-state index contributed by atoms with van der Waals surface area (Å²) in [6.45, 7) is 4.70. The van der Waals surface area contributed by atoms with E-state index in [1.54, 1.807) is 0 Å². The zero-order valence-corrected chi connectivity index (χ0v) is 15.0. The maximum absolute atomic E-state index is 12.7. The van der Waals surface area contributed by atoms with Crippen molar-refractivity contribution in [1.29, 1.82) is 0 Å². The van der Waals surface area contributed by atoms with Crippen LogP contribution in [0.2, 0.25) is 0 Å². The van der Waals surface area contributed by atoms with Crippen LogP contribution in [0.15, 0.2) is 67.0 Å². The van der Waals surface area contributed by atoms with Crippen molar-refractivity contribution in [2.24, 2.45) is 5.92 Å². The Hall–Kier alpha value is -2.88. The van der Waals surface area contributed by atoms with Gasteiger partial charge in [0.25, 0.3) is 5.91 Å². The Labute approximate surface area is 154 Å². The van der Waals surface area contributed by atoms with Gasteiger partial charge in [0.15, 0.2) is 0 Å². The molecule has 0 aliphatic carbocycles. The highest BCUT2D eigenvalue weighted by Crippen LogP contribution is 2.23. The summed E-state index contributed by atoms with van der Waals surface area (Å²) in [6, 6.07) is 18.1. The molecule has 1 saturated heterocycles. The quantitative estimate of drug-likeness (QED) is 0.704. The molecule has 0 unspecified atom stereocenters. The number of benzene rings is 2. The molecule has 0 atom stereocenters. The van der Waals surface area contributed by atoms with Crippen molar-refractivity contribution >= 4 is 5.91 Å². The molecule has 2 aromatic carbocycles. The maximum Gasteiger partial charge on any atom is 0.253 e. The number of carbonyl (C=O) groups is 1. The van der Waals surface area contributed by atoms with Crippen molar-refractivity contribution < 1.29 is 4.79 Å². The lowest BCUT2D eigenvalue weighted by Crippen LogP contribution is -2.51. The van der Waals surface area contributed by atoms with E-state index >= 15 is 0 Å². The summed E-state index contributed by atoms with van der Waals surface area (Å²) in [6.07, 6.45) is 4.83. The van der Waals surface area contributed by atoms with Crippen LogP contribution in [0.25, 0.3) is 11.1 Å². The number of aromatic nitrogens is 2. The molecule has 1 fully saturated rings. The summed E-state index contributed by atoms with van der Waals surface area (Å²) >= 11 is 0. The van der Waals surface area contributed by atoms with Gasteiger partial charge in [0.1, 0.15) is 5.82 Å². The van der Waals surface area contributed by atoms with E-state index in [4.69, 9.17) is 0 Å². The van der Waals surface area contributed by atoms with Gasteiger partial charge in [0, 0.05) is 49.9 Å². The van der Waals surface area contributed by atoms with Crippen molar-refractivity contribution in [2.75, 3.05) is 13.1 Å². The number of hydrogen-bond acceptors (Lipinski definition) is 2. The first kappa shape index (κ1) is 16.6. The fourth-order valence-electron chi connectivity index (χ4n) is 3.57. The molecule has 4 rings (SSSR count). The van der Waals surface area contributed by atoms with Crippen molar-refractivity contribution in [3.05, 3.63) is 78.4 Å². The standard InChI is InChI=1S/C22H23N3O/c1-2-21-23-12-13-24(21)14-17-15-25(16-17)22(26)20-10-8-19(9-11-20)18-6-4-3-5-7-18/h3-13,17H,2,14-16H2,1H3. The second-order valence-electron chi connectivity index (χ2n) is 6.87. The van der Waals surface area contributed by atoms with Gasteiger partial charge in [0.05, 0.1) is 0 Å². The van der Waals surface area contributed by atoms with Gasteiger partial charge in [-0.2, -0.15) is 0 Å². The van der Waals surface area contributed by atoms with Crippen LogP contribution in [0.3, 0.4) is 0 Å². The lowest BCUT2D eigenvalue weighted by atomic mass is 9.97. The number of carbonyl (C=O) groups excluding carboxylic acids is 1. The highest BCUT2D eigenvalue weighted by Gasteiger charge is 2.31. The van der Waals surface area contributed by atoms with Crippen molar-refractivity contribution in [3.8, 4) is 11.1 Å². The fraction of sp³-hybridized carbons (Fsp3) is 0.273. The van der Waals surface area contributed by atoms with Crippen molar-refractivity contribution in [2.45, 2.75) is 19.9 Å². The van der Waals surface area contributed by atoms with Crippen molar-refractivity contribution in [1.82, 2.24) is 14.5 Å². The van der Waals surface area contributed by atoms with Gasteiger partial charge in [-0.15, -0.1) is 0 Å². The summed E-state index contributed by atoms with van der Waals surface area (Å²) in [4.78, 5) is 19.0. The van der Waals surface area contributed by atoms with Crippen LogP contribution in [0.5, 0.6) is 0 Å². The molecule has 4 nitrogen and oxygen atoms in total. The zero-order valence-electron chi connectivity index (χ0n) is 15.0. The Kier molecular flexibility index (Phi) is 4.57. The number of hydrogen-bond donors (Lipinski definition) is 0. The largest absolute Gasteiger partial charge is 0.338 e. The molecule has 1 aliphatic heterocycles. The second-order valence-corrected chi connectivity index (χ2v) is 6.87. The molecule has 0 saturated carbocycles. The van der Waals surface area contributed by atoms with Crippen LogP contribution in [-0.2, 0) is 13.0 Å². The Balaban J connectivity index is 1.36. The molecular weight excluding hydrogens is 322 g/mol. The molecule has 1 aliphatic rings. The number of imidazole rings is 1. The first-order valence-electron chi connectivity index (χ1n) is 9.19. The molecule has 1 amide bonds. The van der Waals surface area contributed by atoms with E-state index < -0.39 is 0 Å². The molecule has 0 bridgehead atoms. The van der Waals surface area contributed by atoms with E-state index in [9.17, 15) is 4.79 Å². The molecule has 0 radical (unpaired) electrons. The molecular formula is C22H23N3O. The second kappa shape index (κ2) is 7.16. The zero-order chi connectivity index (χ0) is 17.9. The predicted molar refractivity (Wildman–Crippen MR) is 103 cm³/mol. The average molecular weight is 345 g/mol. The van der Waals surface area contributed by atoms with Crippen LogP contribution in [-0.4, -0.2) is 33.4 Å². The molecule has 1 aromatic heterocycles. The average Bonchev–Trinajstić information content (AvgIpc) is 3.12. The van der Waals surface area contributed by atoms with E-state index in [2.05, 4.69) is 28.6 Å². The smallest absolute Gasteiger partial charge is 0.253 e. The Morgan fingerprint density at radius 3 is 2.42 bits per heavy atom. The number of amides is 1. The molecule has 2 heterocycles. The fourth-order valence-corrected chi connectivity index (χ4v) is 3.57. The van der Waals surface area contributed by atoms with Crippen molar-refractivity contribution in [3.63, 3.8) is 0 Å². The Morgan fingerprint density at radius 1 is 1.04 bits per heavy atom. The normalized spacial score (nSPS) is 14.3. The molecule has 26 heavy (non-hydrogen) atoms. The summed E-state index contributed by atoms with van der Waals surface area (Å²) < 4.78 is 2.21. The van der Waals surface area contributed by atoms with Gasteiger partial charge in [-0.3, -0.25) is 4.79 Å². The topological polar surface area (TPSA) is 38.1 Å². The summed E-state index contributed by atoms with van der Waals surface area (Å²) in [5.74, 6) is 1.76. The first-order valence-corrected chi connectivity index (χ1v) is 9.19. The molecule has 0 spiro atoms. The van der Waals surface area contributed by atoms with Crippen LogP contribution >= 0.6 is 0 Å². The summed E-state index contributed by atoms with van der Waals surface area (Å²) in [7, 11) is 0. The predicted octanol–water partition coefficient (Wildman–Crippen LogP) is 3.88. The number of rotatable bonds is 5. The molecule has 4 heteroatoms. The van der Waals surface area contributed by atoms with Gasteiger partial charge in [-0.05, 0) is 23.3 Å². The van der Waals surface area contributed by atoms with Gasteiger partial charge < -0.3 is 9.47 Å². The third-order valence-corrected chi connectivity index (χ3v) is 5.06. The third-order valence-electron chi connectivity index (χ3n) is 5.06. The van der Waals surface area contributed by atoms with Gasteiger partial charge >= 0.3 is 0 Å². The van der Waals surface area contributed by atoms with E-state index in [1.807, 2.05) is 59.8 Å². The van der Waals surface area contributed by atoms with Crippen LogP contribution in [0.4, 0.5) is 0 Å². The van der Waals surface area contributed by atoms with E-state index in [0.717, 1.165) is 43.0 Å². The SMILES string of the molecule is CCc1nccn1CC1CN(C(=O)c2ccc(-c3ccccc3)cc2)C1. The third kappa shape index (κ3) is 3.27. The van der Waals surface area contributed by atoms with E-state index in [-0.39, 0.29) is 5.91 Å². The highest BCUT2D eigenvalue weighted by molar-refractivity contribution is 5.95. The molecule has 132 valence electrons. The van der Waals surface area contributed by atoms with E-state index in [1.165, 1.54) is 5.56 Å². The molecule has 0 N–H and O–H groups in total. The van der Waals surface area contributed by atoms with Gasteiger partial charge in [-0.25, -0.2) is 4.98 Å².